The second-order valence-corrected chi connectivity index (χ2v) is 6.56. The molecule has 0 fully saturated rings. The first-order valence-corrected chi connectivity index (χ1v) is 9.50. The molecule has 2 aliphatic heterocycles. The van der Waals surface area contributed by atoms with Crippen molar-refractivity contribution in [3.8, 4) is 28.7 Å². The first-order chi connectivity index (χ1) is 13.4. The van der Waals surface area contributed by atoms with Gasteiger partial charge in [0.1, 0.15) is 18.5 Å². The van der Waals surface area contributed by atoms with Crippen molar-refractivity contribution in [2.24, 2.45) is 0 Å². The third-order valence-electron chi connectivity index (χ3n) is 4.43. The van der Waals surface area contributed by atoms with Crippen LogP contribution >= 0.6 is 0 Å². The van der Waals surface area contributed by atoms with E-state index in [4.69, 9.17) is 23.7 Å². The number of rotatable bonds is 7. The zero-order valence-electron chi connectivity index (χ0n) is 15.3. The summed E-state index contributed by atoms with van der Waals surface area (Å²) < 4.78 is 28.8. The van der Waals surface area contributed by atoms with Crippen LogP contribution in [0.3, 0.4) is 0 Å². The van der Waals surface area contributed by atoms with Crippen LogP contribution in [0.1, 0.15) is 12.8 Å². The van der Waals surface area contributed by atoms with Crippen molar-refractivity contribution in [1.29, 1.82) is 0 Å². The minimum absolute atomic E-state index is 0.0301. The predicted octanol–water partition coefficient (Wildman–Crippen LogP) is 3.05. The zero-order valence-corrected chi connectivity index (χ0v) is 15.3. The Morgan fingerprint density at radius 2 is 1.74 bits per heavy atom. The van der Waals surface area contributed by atoms with Crippen molar-refractivity contribution in [2.45, 2.75) is 18.9 Å². The lowest BCUT2D eigenvalue weighted by Crippen LogP contribution is -2.39. The minimum atomic E-state index is 0.0301. The maximum Gasteiger partial charge on any atom is 0.164 e. The highest BCUT2D eigenvalue weighted by Gasteiger charge is 2.19. The molecule has 27 heavy (non-hydrogen) atoms. The molecule has 0 saturated heterocycles. The fraction of sp³-hybridized carbons (Fsp3) is 0.429. The molecule has 144 valence electrons. The van der Waals surface area contributed by atoms with Crippen LogP contribution in [-0.4, -0.2) is 45.6 Å². The molecule has 1 atom stereocenters. The minimum Gasteiger partial charge on any atom is -0.493 e. The van der Waals surface area contributed by atoms with E-state index in [0.29, 0.717) is 26.4 Å². The predicted molar refractivity (Wildman–Crippen MR) is 101 cm³/mol. The molecule has 4 rings (SSSR count). The molecule has 6 heteroatoms. The molecule has 2 aromatic rings. The summed E-state index contributed by atoms with van der Waals surface area (Å²) in [4.78, 5) is 0. The Kier molecular flexibility index (Phi) is 5.84. The van der Waals surface area contributed by atoms with Gasteiger partial charge in [-0.2, -0.15) is 0 Å². The number of nitrogens with one attached hydrogen (secondary N) is 1. The van der Waals surface area contributed by atoms with E-state index in [2.05, 4.69) is 5.32 Å². The third-order valence-corrected chi connectivity index (χ3v) is 4.43. The van der Waals surface area contributed by atoms with Crippen LogP contribution in [0.4, 0.5) is 0 Å². The quantitative estimate of drug-likeness (QED) is 0.755. The summed E-state index contributed by atoms with van der Waals surface area (Å²) >= 11 is 0. The van der Waals surface area contributed by atoms with Crippen molar-refractivity contribution in [3.63, 3.8) is 0 Å². The molecule has 0 saturated carbocycles. The van der Waals surface area contributed by atoms with Gasteiger partial charge in [-0.15, -0.1) is 0 Å². The van der Waals surface area contributed by atoms with Gasteiger partial charge in [-0.3, -0.25) is 0 Å². The van der Waals surface area contributed by atoms with E-state index < -0.39 is 0 Å². The number of hydrogen-bond donors (Lipinski definition) is 1. The van der Waals surface area contributed by atoms with Gasteiger partial charge in [0.15, 0.2) is 23.0 Å². The first kappa shape index (κ1) is 17.8. The molecule has 0 aromatic heterocycles. The Morgan fingerprint density at radius 1 is 0.926 bits per heavy atom. The molecule has 0 spiro atoms. The van der Waals surface area contributed by atoms with Crippen LogP contribution in [0.15, 0.2) is 42.5 Å². The van der Waals surface area contributed by atoms with Gasteiger partial charge in [-0.1, -0.05) is 12.1 Å². The standard InChI is InChI=1S/C21H25NO5/c1-2-6-20-18(5-1)26-15-17(27-20)14-22-9-3-10-23-16-7-8-19-21(13-16)25-12-4-11-24-19/h1-2,5-8,13,17,22H,3-4,9-12,14-15H2/t17-/m0/s1. The number of benzene rings is 2. The fourth-order valence-corrected chi connectivity index (χ4v) is 3.05. The summed E-state index contributed by atoms with van der Waals surface area (Å²) in [5.74, 6) is 3.99. The lowest BCUT2D eigenvalue weighted by atomic mass is 10.2. The topological polar surface area (TPSA) is 58.2 Å². The summed E-state index contributed by atoms with van der Waals surface area (Å²) in [6.07, 6.45) is 1.83. The third kappa shape index (κ3) is 4.77. The lowest BCUT2D eigenvalue weighted by Gasteiger charge is -2.26. The average Bonchev–Trinajstić information content (AvgIpc) is 2.95. The SMILES string of the molecule is c1ccc2c(c1)OC[C@H](CNCCCOc1ccc3c(c1)OCCCO3)O2. The van der Waals surface area contributed by atoms with Crippen molar-refractivity contribution < 1.29 is 23.7 Å². The Balaban J connectivity index is 1.14. The molecular weight excluding hydrogens is 346 g/mol. The molecule has 2 heterocycles. The van der Waals surface area contributed by atoms with E-state index in [0.717, 1.165) is 54.7 Å². The molecule has 2 aliphatic rings. The summed E-state index contributed by atoms with van der Waals surface area (Å²) in [6.45, 7) is 4.18. The van der Waals surface area contributed by atoms with Crippen molar-refractivity contribution >= 4 is 0 Å². The second kappa shape index (κ2) is 8.86. The van der Waals surface area contributed by atoms with E-state index in [9.17, 15) is 0 Å². The molecule has 0 bridgehead atoms. The Hall–Kier alpha value is -2.60. The van der Waals surface area contributed by atoms with E-state index in [1.54, 1.807) is 0 Å². The molecule has 6 nitrogen and oxygen atoms in total. The Labute approximate surface area is 159 Å². The van der Waals surface area contributed by atoms with Gasteiger partial charge in [0.25, 0.3) is 0 Å². The van der Waals surface area contributed by atoms with E-state index in [1.165, 1.54) is 0 Å². The van der Waals surface area contributed by atoms with Crippen LogP contribution < -0.4 is 29.0 Å². The smallest absolute Gasteiger partial charge is 0.164 e. The van der Waals surface area contributed by atoms with E-state index in [1.807, 2.05) is 42.5 Å². The number of hydrogen-bond acceptors (Lipinski definition) is 6. The van der Waals surface area contributed by atoms with Gasteiger partial charge in [0.05, 0.1) is 19.8 Å². The lowest BCUT2D eigenvalue weighted by molar-refractivity contribution is 0.0902. The maximum atomic E-state index is 5.93. The van der Waals surface area contributed by atoms with Gasteiger partial charge in [0, 0.05) is 19.0 Å². The zero-order chi connectivity index (χ0) is 18.3. The summed E-state index contributed by atoms with van der Waals surface area (Å²) in [5.41, 5.74) is 0. The van der Waals surface area contributed by atoms with Crippen LogP contribution in [0, 0.1) is 0 Å². The van der Waals surface area contributed by atoms with Crippen LogP contribution in [0.2, 0.25) is 0 Å². The molecule has 0 amide bonds. The van der Waals surface area contributed by atoms with Crippen molar-refractivity contribution in [2.75, 3.05) is 39.5 Å². The van der Waals surface area contributed by atoms with E-state index >= 15 is 0 Å². The van der Waals surface area contributed by atoms with Gasteiger partial charge in [-0.25, -0.2) is 0 Å². The molecule has 0 unspecified atom stereocenters. The largest absolute Gasteiger partial charge is 0.493 e. The second-order valence-electron chi connectivity index (χ2n) is 6.56. The van der Waals surface area contributed by atoms with Crippen LogP contribution in [0.5, 0.6) is 28.7 Å². The molecule has 2 aromatic carbocycles. The highest BCUT2D eigenvalue weighted by atomic mass is 16.6. The van der Waals surface area contributed by atoms with Gasteiger partial charge < -0.3 is 29.0 Å². The van der Waals surface area contributed by atoms with Crippen molar-refractivity contribution in [3.05, 3.63) is 42.5 Å². The molecule has 0 aliphatic carbocycles. The summed E-state index contributed by atoms with van der Waals surface area (Å²) in [7, 11) is 0. The number of ether oxygens (including phenoxy) is 5. The van der Waals surface area contributed by atoms with Gasteiger partial charge in [-0.05, 0) is 37.2 Å². The highest BCUT2D eigenvalue weighted by molar-refractivity contribution is 5.46. The molecule has 1 N–H and O–H groups in total. The maximum absolute atomic E-state index is 5.93. The van der Waals surface area contributed by atoms with Gasteiger partial charge >= 0.3 is 0 Å². The summed E-state index contributed by atoms with van der Waals surface area (Å²) in [5, 5.41) is 3.40. The van der Waals surface area contributed by atoms with E-state index in [-0.39, 0.29) is 6.10 Å². The Bertz CT molecular complexity index is 751. The molecule has 0 radical (unpaired) electrons. The fourth-order valence-electron chi connectivity index (χ4n) is 3.05. The monoisotopic (exact) mass is 371 g/mol. The number of fused-ring (bicyclic) bond motifs is 2. The first-order valence-electron chi connectivity index (χ1n) is 9.50. The Morgan fingerprint density at radius 3 is 2.67 bits per heavy atom. The van der Waals surface area contributed by atoms with Crippen LogP contribution in [-0.2, 0) is 0 Å². The van der Waals surface area contributed by atoms with Crippen LogP contribution in [0.25, 0.3) is 0 Å². The number of para-hydroxylation sites is 2. The summed E-state index contributed by atoms with van der Waals surface area (Å²) in [6, 6.07) is 13.5. The normalized spacial score (nSPS) is 17.9. The molecular formula is C21H25NO5. The average molecular weight is 371 g/mol. The van der Waals surface area contributed by atoms with Crippen molar-refractivity contribution in [1.82, 2.24) is 5.32 Å². The highest BCUT2D eigenvalue weighted by Crippen LogP contribution is 2.33. The van der Waals surface area contributed by atoms with Gasteiger partial charge in [0.2, 0.25) is 0 Å².